The molecule has 29 heavy (non-hydrogen) atoms. The van der Waals surface area contributed by atoms with Gasteiger partial charge in [0.25, 0.3) is 5.56 Å². The number of aromatic nitrogens is 2. The highest BCUT2D eigenvalue weighted by atomic mass is 16.2. The van der Waals surface area contributed by atoms with Crippen LogP contribution in [0.5, 0.6) is 0 Å². The van der Waals surface area contributed by atoms with Crippen LogP contribution in [-0.2, 0) is 11.3 Å². The van der Waals surface area contributed by atoms with E-state index >= 15 is 0 Å². The van der Waals surface area contributed by atoms with Crippen molar-refractivity contribution in [2.24, 2.45) is 0 Å². The van der Waals surface area contributed by atoms with Gasteiger partial charge in [-0.3, -0.25) is 14.2 Å². The molecule has 152 valence electrons. The first-order valence-corrected chi connectivity index (χ1v) is 10.4. The Labute approximate surface area is 172 Å². The number of carbonyl (C=O) groups is 1. The number of fused-ring (bicyclic) bond motifs is 1. The fourth-order valence-electron chi connectivity index (χ4n) is 3.63. The van der Waals surface area contributed by atoms with E-state index in [0.717, 1.165) is 18.4 Å². The number of unbranched alkanes of at least 4 members (excludes halogenated alkanes) is 1. The molecule has 0 aliphatic heterocycles. The van der Waals surface area contributed by atoms with Gasteiger partial charge in [-0.2, -0.15) is 0 Å². The molecular weight excluding hydrogens is 362 g/mol. The van der Waals surface area contributed by atoms with Gasteiger partial charge in [0.05, 0.1) is 23.5 Å². The molecule has 0 N–H and O–H groups in total. The second-order valence-electron chi connectivity index (χ2n) is 7.33. The zero-order chi connectivity index (χ0) is 20.8. The SMILES string of the molecule is CCCCN(C(=O)CC)[C@H](C)c1nc2ccccc2c(=O)n1Cc1ccccc1. The minimum Gasteiger partial charge on any atom is -0.333 e. The molecule has 1 heterocycles. The van der Waals surface area contributed by atoms with Gasteiger partial charge in [-0.1, -0.05) is 62.7 Å². The molecular formula is C24H29N3O2. The van der Waals surface area contributed by atoms with E-state index in [1.165, 1.54) is 0 Å². The van der Waals surface area contributed by atoms with E-state index in [4.69, 9.17) is 4.98 Å². The number of hydrogen-bond donors (Lipinski definition) is 0. The molecule has 3 aromatic rings. The minimum atomic E-state index is -0.282. The molecule has 1 amide bonds. The molecule has 0 radical (unpaired) electrons. The number of hydrogen-bond acceptors (Lipinski definition) is 3. The summed E-state index contributed by atoms with van der Waals surface area (Å²) >= 11 is 0. The number of rotatable bonds is 8. The van der Waals surface area contributed by atoms with Crippen LogP contribution in [0.15, 0.2) is 59.4 Å². The van der Waals surface area contributed by atoms with Crippen molar-refractivity contribution in [3.63, 3.8) is 0 Å². The van der Waals surface area contributed by atoms with E-state index in [-0.39, 0.29) is 17.5 Å². The van der Waals surface area contributed by atoms with Gasteiger partial charge in [0.15, 0.2) is 0 Å². The summed E-state index contributed by atoms with van der Waals surface area (Å²) in [6.07, 6.45) is 2.36. The summed E-state index contributed by atoms with van der Waals surface area (Å²) in [4.78, 5) is 32.7. The number of para-hydroxylation sites is 1. The highest BCUT2D eigenvalue weighted by Gasteiger charge is 2.25. The molecule has 0 saturated heterocycles. The van der Waals surface area contributed by atoms with Crippen molar-refractivity contribution in [2.45, 2.75) is 52.6 Å². The van der Waals surface area contributed by atoms with Gasteiger partial charge in [-0.05, 0) is 31.0 Å². The van der Waals surface area contributed by atoms with Crippen LogP contribution in [0.2, 0.25) is 0 Å². The van der Waals surface area contributed by atoms with Crippen LogP contribution in [0.1, 0.15) is 57.5 Å². The second-order valence-corrected chi connectivity index (χ2v) is 7.33. The van der Waals surface area contributed by atoms with Crippen LogP contribution in [0.3, 0.4) is 0 Å². The molecule has 3 rings (SSSR count). The van der Waals surface area contributed by atoms with Gasteiger partial charge in [-0.25, -0.2) is 4.98 Å². The molecule has 0 unspecified atom stereocenters. The van der Waals surface area contributed by atoms with E-state index in [1.807, 2.05) is 73.3 Å². The van der Waals surface area contributed by atoms with Crippen molar-refractivity contribution in [3.8, 4) is 0 Å². The third-order valence-corrected chi connectivity index (χ3v) is 5.29. The largest absolute Gasteiger partial charge is 0.333 e. The van der Waals surface area contributed by atoms with Gasteiger partial charge in [-0.15, -0.1) is 0 Å². The maximum Gasteiger partial charge on any atom is 0.261 e. The first kappa shape index (κ1) is 20.8. The van der Waals surface area contributed by atoms with Crippen LogP contribution in [-0.4, -0.2) is 26.9 Å². The number of carbonyl (C=O) groups excluding carboxylic acids is 1. The Morgan fingerprint density at radius 1 is 1.07 bits per heavy atom. The second kappa shape index (κ2) is 9.50. The highest BCUT2D eigenvalue weighted by Crippen LogP contribution is 2.22. The number of amides is 1. The summed E-state index contributed by atoms with van der Waals surface area (Å²) in [6.45, 7) is 7.05. The first-order valence-electron chi connectivity index (χ1n) is 10.4. The smallest absolute Gasteiger partial charge is 0.261 e. The van der Waals surface area contributed by atoms with Crippen molar-refractivity contribution in [1.82, 2.24) is 14.5 Å². The Morgan fingerprint density at radius 2 is 1.76 bits per heavy atom. The molecule has 1 atom stereocenters. The van der Waals surface area contributed by atoms with Crippen LogP contribution in [0, 0.1) is 0 Å². The Balaban J connectivity index is 2.14. The van der Waals surface area contributed by atoms with Crippen molar-refractivity contribution >= 4 is 16.8 Å². The summed E-state index contributed by atoms with van der Waals surface area (Å²) in [5.41, 5.74) is 1.63. The Bertz CT molecular complexity index is 1030. The Morgan fingerprint density at radius 3 is 2.45 bits per heavy atom. The summed E-state index contributed by atoms with van der Waals surface area (Å²) < 4.78 is 1.73. The lowest BCUT2D eigenvalue weighted by Gasteiger charge is -2.30. The van der Waals surface area contributed by atoms with Crippen LogP contribution in [0.25, 0.3) is 10.9 Å². The van der Waals surface area contributed by atoms with Gasteiger partial charge >= 0.3 is 0 Å². The summed E-state index contributed by atoms with van der Waals surface area (Å²) in [5.74, 6) is 0.718. The predicted molar refractivity (Wildman–Crippen MR) is 117 cm³/mol. The third-order valence-electron chi connectivity index (χ3n) is 5.29. The summed E-state index contributed by atoms with van der Waals surface area (Å²) in [5, 5.41) is 0.598. The number of nitrogens with zero attached hydrogens (tertiary/aromatic N) is 3. The van der Waals surface area contributed by atoms with Crippen molar-refractivity contribution in [1.29, 1.82) is 0 Å². The van der Waals surface area contributed by atoms with Crippen molar-refractivity contribution in [3.05, 3.63) is 76.3 Å². The standard InChI is InChI=1S/C24H29N3O2/c1-4-6-16-26(22(28)5-2)18(3)23-25-21-15-11-10-14-20(21)24(29)27(23)17-19-12-8-7-9-13-19/h7-15,18H,4-6,16-17H2,1-3H3/t18-/m1/s1. The Kier molecular flexibility index (Phi) is 6.81. The van der Waals surface area contributed by atoms with Gasteiger partial charge in [0, 0.05) is 13.0 Å². The van der Waals surface area contributed by atoms with Gasteiger partial charge in [0.2, 0.25) is 5.91 Å². The molecule has 2 aromatic carbocycles. The zero-order valence-corrected chi connectivity index (χ0v) is 17.5. The molecule has 0 aliphatic carbocycles. The van der Waals surface area contributed by atoms with Gasteiger partial charge in [0.1, 0.15) is 5.82 Å². The zero-order valence-electron chi connectivity index (χ0n) is 17.5. The van der Waals surface area contributed by atoms with Crippen LogP contribution < -0.4 is 5.56 Å². The Hall–Kier alpha value is -2.95. The quantitative estimate of drug-likeness (QED) is 0.566. The van der Waals surface area contributed by atoms with E-state index in [9.17, 15) is 9.59 Å². The lowest BCUT2D eigenvalue weighted by atomic mass is 10.1. The maximum absolute atomic E-state index is 13.4. The molecule has 0 fully saturated rings. The van der Waals surface area contributed by atoms with Gasteiger partial charge < -0.3 is 4.90 Å². The molecule has 0 aliphatic rings. The van der Waals surface area contributed by atoms with Crippen molar-refractivity contribution in [2.75, 3.05) is 6.54 Å². The minimum absolute atomic E-state index is 0.0688. The van der Waals surface area contributed by atoms with E-state index in [1.54, 1.807) is 4.57 Å². The lowest BCUT2D eigenvalue weighted by Crippen LogP contribution is -2.38. The van der Waals surface area contributed by atoms with E-state index < -0.39 is 0 Å². The topological polar surface area (TPSA) is 55.2 Å². The van der Waals surface area contributed by atoms with Crippen LogP contribution >= 0.6 is 0 Å². The molecule has 0 bridgehead atoms. The fraction of sp³-hybridized carbons (Fsp3) is 0.375. The molecule has 1 aromatic heterocycles. The monoisotopic (exact) mass is 391 g/mol. The molecule has 0 spiro atoms. The van der Waals surface area contributed by atoms with E-state index in [0.29, 0.717) is 36.2 Å². The van der Waals surface area contributed by atoms with Crippen LogP contribution in [0.4, 0.5) is 0 Å². The molecule has 0 saturated carbocycles. The van der Waals surface area contributed by atoms with E-state index in [2.05, 4.69) is 6.92 Å². The van der Waals surface area contributed by atoms with Crippen molar-refractivity contribution < 1.29 is 4.79 Å². The molecule has 5 nitrogen and oxygen atoms in total. The summed E-state index contributed by atoms with van der Waals surface area (Å²) in [7, 11) is 0. The summed E-state index contributed by atoms with van der Waals surface area (Å²) in [6, 6.07) is 17.0. The third kappa shape index (κ3) is 4.56. The highest BCUT2D eigenvalue weighted by molar-refractivity contribution is 5.78. The first-order chi connectivity index (χ1) is 14.1. The fourth-order valence-corrected chi connectivity index (χ4v) is 3.63. The lowest BCUT2D eigenvalue weighted by molar-refractivity contribution is -0.133. The normalized spacial score (nSPS) is 12.1. The average molecular weight is 392 g/mol. The number of benzene rings is 2. The predicted octanol–water partition coefficient (Wildman–Crippen LogP) is 4.54. The maximum atomic E-state index is 13.4. The molecule has 5 heteroatoms. The average Bonchev–Trinajstić information content (AvgIpc) is 2.76.